The minimum atomic E-state index is 0.836. The van der Waals surface area contributed by atoms with E-state index < -0.39 is 0 Å². The highest BCUT2D eigenvalue weighted by Crippen LogP contribution is 2.13. The zero-order valence-electron chi connectivity index (χ0n) is 13.7. The molecule has 0 spiro atoms. The molecule has 1 aromatic carbocycles. The summed E-state index contributed by atoms with van der Waals surface area (Å²) >= 11 is 0. The van der Waals surface area contributed by atoms with Crippen molar-refractivity contribution in [2.45, 2.75) is 26.9 Å². The lowest BCUT2D eigenvalue weighted by Gasteiger charge is -2.20. The second-order valence-electron chi connectivity index (χ2n) is 5.15. The van der Waals surface area contributed by atoms with Crippen molar-refractivity contribution in [3.63, 3.8) is 0 Å². The monoisotopic (exact) mass is 299 g/mol. The molecule has 1 N–H and O–H groups in total. The lowest BCUT2D eigenvalue weighted by molar-refractivity contribution is 0.414. The van der Waals surface area contributed by atoms with Gasteiger partial charge in [-0.2, -0.15) is 0 Å². The summed E-state index contributed by atoms with van der Waals surface area (Å²) in [4.78, 5) is 6.71. The van der Waals surface area contributed by atoms with Gasteiger partial charge in [0.2, 0.25) is 0 Å². The Labute approximate surface area is 133 Å². The highest BCUT2D eigenvalue weighted by atomic mass is 16.5. The first kappa shape index (κ1) is 16.3. The molecule has 4 heteroatoms. The maximum atomic E-state index is 5.17. The third-order valence-corrected chi connectivity index (χ3v) is 3.71. The smallest absolute Gasteiger partial charge is 0.128 e. The number of aromatic nitrogens is 1. The quantitative estimate of drug-likeness (QED) is 0.812. The van der Waals surface area contributed by atoms with Crippen LogP contribution in [0.1, 0.15) is 25.0 Å². The van der Waals surface area contributed by atoms with E-state index in [1.807, 2.05) is 18.3 Å². The van der Waals surface area contributed by atoms with E-state index in [4.69, 9.17) is 4.74 Å². The molecule has 0 aliphatic heterocycles. The van der Waals surface area contributed by atoms with Crippen molar-refractivity contribution < 1.29 is 4.74 Å². The van der Waals surface area contributed by atoms with Crippen LogP contribution in [0.4, 0.5) is 5.82 Å². The zero-order chi connectivity index (χ0) is 15.8. The molecule has 0 aliphatic rings. The number of methoxy groups -OCH3 is 1. The van der Waals surface area contributed by atoms with Crippen molar-refractivity contribution in [1.82, 2.24) is 10.3 Å². The Hall–Kier alpha value is -2.07. The Morgan fingerprint density at radius 1 is 1.00 bits per heavy atom. The van der Waals surface area contributed by atoms with E-state index in [-0.39, 0.29) is 0 Å². The molecule has 2 aromatic rings. The number of nitrogens with one attached hydrogen (secondary N) is 1. The lowest BCUT2D eigenvalue weighted by atomic mass is 10.2. The number of benzene rings is 1. The molecule has 0 saturated carbocycles. The summed E-state index contributed by atoms with van der Waals surface area (Å²) in [7, 11) is 1.68. The predicted molar refractivity (Wildman–Crippen MR) is 91.3 cm³/mol. The van der Waals surface area contributed by atoms with E-state index in [0.29, 0.717) is 0 Å². The summed E-state index contributed by atoms with van der Waals surface area (Å²) in [6.45, 7) is 7.94. The number of pyridine rings is 1. The van der Waals surface area contributed by atoms with Crippen molar-refractivity contribution in [3.05, 3.63) is 53.7 Å². The van der Waals surface area contributed by atoms with Gasteiger partial charge in [0, 0.05) is 32.4 Å². The van der Waals surface area contributed by atoms with Crippen LogP contribution in [0.2, 0.25) is 0 Å². The fourth-order valence-electron chi connectivity index (χ4n) is 2.39. The van der Waals surface area contributed by atoms with E-state index in [0.717, 1.165) is 37.7 Å². The SMILES string of the molecule is CCN(CC)c1cc(CNCc2ccc(OC)cc2)ccn1. The number of nitrogens with zero attached hydrogens (tertiary/aromatic N) is 2. The number of hydrogen-bond acceptors (Lipinski definition) is 4. The van der Waals surface area contributed by atoms with Gasteiger partial charge in [0.25, 0.3) is 0 Å². The van der Waals surface area contributed by atoms with Crippen molar-refractivity contribution in [2.75, 3.05) is 25.1 Å². The first-order valence-corrected chi connectivity index (χ1v) is 7.80. The van der Waals surface area contributed by atoms with Crippen molar-refractivity contribution in [3.8, 4) is 5.75 Å². The van der Waals surface area contributed by atoms with Gasteiger partial charge in [0.05, 0.1) is 7.11 Å². The Morgan fingerprint density at radius 3 is 2.32 bits per heavy atom. The second kappa shape index (κ2) is 8.39. The molecule has 0 aliphatic carbocycles. The van der Waals surface area contributed by atoms with E-state index in [1.165, 1.54) is 11.1 Å². The second-order valence-corrected chi connectivity index (χ2v) is 5.15. The molecule has 0 unspecified atom stereocenters. The number of hydrogen-bond donors (Lipinski definition) is 1. The molecule has 0 atom stereocenters. The van der Waals surface area contributed by atoms with Gasteiger partial charge >= 0.3 is 0 Å². The molecule has 0 fully saturated rings. The largest absolute Gasteiger partial charge is 0.497 e. The van der Waals surface area contributed by atoms with E-state index in [1.54, 1.807) is 7.11 Å². The van der Waals surface area contributed by atoms with Crippen LogP contribution in [0.5, 0.6) is 5.75 Å². The average molecular weight is 299 g/mol. The van der Waals surface area contributed by atoms with Gasteiger partial charge in [-0.1, -0.05) is 12.1 Å². The lowest BCUT2D eigenvalue weighted by Crippen LogP contribution is -2.23. The molecular weight excluding hydrogens is 274 g/mol. The summed E-state index contributed by atoms with van der Waals surface area (Å²) in [5.41, 5.74) is 2.50. The number of anilines is 1. The molecule has 1 heterocycles. The van der Waals surface area contributed by atoms with E-state index >= 15 is 0 Å². The van der Waals surface area contributed by atoms with Crippen LogP contribution in [0.3, 0.4) is 0 Å². The highest BCUT2D eigenvalue weighted by molar-refractivity contribution is 5.40. The topological polar surface area (TPSA) is 37.4 Å². The first-order chi connectivity index (χ1) is 10.8. The Balaban J connectivity index is 1.89. The van der Waals surface area contributed by atoms with Gasteiger partial charge in [-0.3, -0.25) is 0 Å². The van der Waals surface area contributed by atoms with Crippen molar-refractivity contribution >= 4 is 5.82 Å². The zero-order valence-corrected chi connectivity index (χ0v) is 13.7. The summed E-state index contributed by atoms with van der Waals surface area (Å²) in [6, 6.07) is 12.4. The normalized spacial score (nSPS) is 10.5. The number of rotatable bonds is 8. The summed E-state index contributed by atoms with van der Waals surface area (Å²) in [6.07, 6.45) is 1.89. The van der Waals surface area contributed by atoms with Crippen LogP contribution >= 0.6 is 0 Å². The number of ether oxygens (including phenoxy) is 1. The Bertz CT molecular complexity index is 565. The van der Waals surface area contributed by atoms with E-state index in [9.17, 15) is 0 Å². The molecule has 0 saturated heterocycles. The van der Waals surface area contributed by atoms with Gasteiger partial charge < -0.3 is 15.0 Å². The van der Waals surface area contributed by atoms with Crippen LogP contribution in [0, 0.1) is 0 Å². The van der Waals surface area contributed by atoms with Crippen molar-refractivity contribution in [2.24, 2.45) is 0 Å². The molecule has 0 amide bonds. The molecule has 0 radical (unpaired) electrons. The molecule has 22 heavy (non-hydrogen) atoms. The van der Waals surface area contributed by atoms with Gasteiger partial charge in [-0.15, -0.1) is 0 Å². The maximum Gasteiger partial charge on any atom is 0.128 e. The predicted octanol–water partition coefficient (Wildman–Crippen LogP) is 3.23. The fraction of sp³-hybridized carbons (Fsp3) is 0.389. The van der Waals surface area contributed by atoms with Crippen LogP contribution in [0.15, 0.2) is 42.6 Å². The van der Waals surface area contributed by atoms with Gasteiger partial charge in [-0.25, -0.2) is 4.98 Å². The summed E-state index contributed by atoms with van der Waals surface area (Å²) < 4.78 is 5.17. The Kier molecular flexibility index (Phi) is 6.22. The highest BCUT2D eigenvalue weighted by Gasteiger charge is 2.04. The van der Waals surface area contributed by atoms with Gasteiger partial charge in [0.1, 0.15) is 11.6 Å². The van der Waals surface area contributed by atoms with Gasteiger partial charge in [-0.05, 0) is 49.2 Å². The summed E-state index contributed by atoms with van der Waals surface area (Å²) in [5.74, 6) is 1.94. The minimum absolute atomic E-state index is 0.836. The molecule has 1 aromatic heterocycles. The molecule has 4 nitrogen and oxygen atoms in total. The molecule has 0 bridgehead atoms. The Morgan fingerprint density at radius 2 is 1.68 bits per heavy atom. The van der Waals surface area contributed by atoms with Crippen molar-refractivity contribution in [1.29, 1.82) is 0 Å². The van der Waals surface area contributed by atoms with E-state index in [2.05, 4.69) is 53.3 Å². The third-order valence-electron chi connectivity index (χ3n) is 3.71. The van der Waals surface area contributed by atoms with Crippen LogP contribution in [-0.4, -0.2) is 25.2 Å². The molecule has 118 valence electrons. The van der Waals surface area contributed by atoms with Crippen LogP contribution in [0.25, 0.3) is 0 Å². The molecular formula is C18H25N3O. The third kappa shape index (κ3) is 4.46. The standard InChI is InChI=1S/C18H25N3O/c1-4-21(5-2)18-12-16(10-11-20-18)14-19-13-15-6-8-17(22-3)9-7-15/h6-12,19H,4-5,13-14H2,1-3H3. The minimum Gasteiger partial charge on any atom is -0.497 e. The fourth-order valence-corrected chi connectivity index (χ4v) is 2.39. The molecule has 2 rings (SSSR count). The maximum absolute atomic E-state index is 5.17. The average Bonchev–Trinajstić information content (AvgIpc) is 2.57. The first-order valence-electron chi connectivity index (χ1n) is 7.80. The van der Waals surface area contributed by atoms with Crippen LogP contribution < -0.4 is 15.0 Å². The summed E-state index contributed by atoms with van der Waals surface area (Å²) in [5, 5.41) is 3.47. The van der Waals surface area contributed by atoms with Gasteiger partial charge in [0.15, 0.2) is 0 Å². The van der Waals surface area contributed by atoms with Crippen LogP contribution in [-0.2, 0) is 13.1 Å².